The Labute approximate surface area is 193 Å². The zero-order valence-corrected chi connectivity index (χ0v) is 18.9. The van der Waals surface area contributed by atoms with Gasteiger partial charge < -0.3 is 10.4 Å². The van der Waals surface area contributed by atoms with Gasteiger partial charge in [-0.15, -0.1) is 16.7 Å². The molecule has 0 heterocycles. The third kappa shape index (κ3) is 5.83. The van der Waals surface area contributed by atoms with Gasteiger partial charge in [0.05, 0.1) is 10.6 Å². The lowest BCUT2D eigenvalue weighted by Gasteiger charge is -2.11. The molecule has 0 aliphatic rings. The summed E-state index contributed by atoms with van der Waals surface area (Å²) in [4.78, 5) is 10.6. The monoisotopic (exact) mass is 513 g/mol. The number of rotatable bonds is 7. The fraction of sp³-hybridized carbons (Fsp3) is 0.105. The first-order valence-electron chi connectivity index (χ1n) is 9.02. The van der Waals surface area contributed by atoms with E-state index in [2.05, 4.69) is 15.5 Å². The van der Waals surface area contributed by atoms with Crippen LogP contribution in [0.25, 0.3) is 10.8 Å². The van der Waals surface area contributed by atoms with Crippen molar-refractivity contribution in [2.75, 3.05) is 11.2 Å². The van der Waals surface area contributed by atoms with Crippen LogP contribution in [0.1, 0.15) is 6.42 Å². The number of phenolic OH excluding ortho intramolecular Hbond substituents is 1. The topological polar surface area (TPSA) is 183 Å². The Bertz CT molecular complexity index is 1470. The molecule has 0 saturated heterocycles. The number of anilines is 1. The van der Waals surface area contributed by atoms with Crippen molar-refractivity contribution in [2.45, 2.75) is 16.2 Å². The van der Waals surface area contributed by atoms with Gasteiger partial charge in [-0.1, -0.05) is 0 Å². The average molecular weight is 514 g/mol. The number of hydrogen-bond acceptors (Lipinski definition) is 8. The number of fused-ring (bicyclic) bond motifs is 1. The molecular weight excluding hydrogens is 498 g/mol. The maximum Gasteiger partial charge on any atom is 0.296 e. The second-order valence-corrected chi connectivity index (χ2v) is 9.83. The second kappa shape index (κ2) is 9.41. The number of phenols is 1. The number of azo groups is 1. The third-order valence-electron chi connectivity index (χ3n) is 4.33. The molecule has 0 saturated carbocycles. The summed E-state index contributed by atoms with van der Waals surface area (Å²) in [6, 6.07) is 9.80. The van der Waals surface area contributed by atoms with Gasteiger partial charge in [-0.05, 0) is 53.9 Å². The van der Waals surface area contributed by atoms with E-state index in [-0.39, 0.29) is 39.6 Å². The SMILES string of the molecule is O=C(CCCl)Nc1ccc2c(O)c(N=Nc3ccc(S(=O)(=O)O)cc3)c(S(=O)(=O)O)cc2c1. The van der Waals surface area contributed by atoms with Gasteiger partial charge in [0.1, 0.15) is 10.6 Å². The lowest BCUT2D eigenvalue weighted by molar-refractivity contribution is -0.115. The number of amides is 1. The highest BCUT2D eigenvalue weighted by molar-refractivity contribution is 7.86. The van der Waals surface area contributed by atoms with E-state index in [1.165, 1.54) is 30.3 Å². The zero-order valence-electron chi connectivity index (χ0n) is 16.5. The Balaban J connectivity index is 2.08. The van der Waals surface area contributed by atoms with Crippen molar-refractivity contribution in [3.63, 3.8) is 0 Å². The standard InChI is InChI=1S/C19H16ClN3O8S2/c20-8-7-17(24)21-13-3-6-15-11(9-13)10-16(33(29,30)31)18(19(15)25)23-22-12-1-4-14(5-2-12)32(26,27)28/h1-6,9-10,25H,7-8H2,(H,21,24)(H,26,27,28)(H,29,30,31). The van der Waals surface area contributed by atoms with Crippen molar-refractivity contribution in [3.05, 3.63) is 48.5 Å². The number of carbonyl (C=O) groups excluding carboxylic acids is 1. The van der Waals surface area contributed by atoms with Crippen LogP contribution in [0, 0.1) is 0 Å². The van der Waals surface area contributed by atoms with Crippen molar-refractivity contribution < 1.29 is 35.8 Å². The molecule has 0 aromatic heterocycles. The maximum absolute atomic E-state index is 11.9. The summed E-state index contributed by atoms with van der Waals surface area (Å²) in [7, 11) is -9.27. The molecule has 0 bridgehead atoms. The summed E-state index contributed by atoms with van der Waals surface area (Å²) >= 11 is 5.52. The molecule has 3 aromatic rings. The summed E-state index contributed by atoms with van der Waals surface area (Å²) in [6.45, 7) is 0. The smallest absolute Gasteiger partial charge is 0.296 e. The van der Waals surface area contributed by atoms with Crippen LogP contribution in [0.2, 0.25) is 0 Å². The molecule has 0 aliphatic carbocycles. The van der Waals surface area contributed by atoms with Crippen molar-refractivity contribution in [2.24, 2.45) is 10.2 Å². The molecule has 0 atom stereocenters. The Morgan fingerprint density at radius 3 is 2.18 bits per heavy atom. The number of nitrogens with zero attached hydrogens (tertiary/aromatic N) is 2. The first-order chi connectivity index (χ1) is 15.4. The molecule has 11 nitrogen and oxygen atoms in total. The highest BCUT2D eigenvalue weighted by Crippen LogP contribution is 2.42. The predicted octanol–water partition coefficient (Wildman–Crippen LogP) is 4.02. The van der Waals surface area contributed by atoms with Gasteiger partial charge in [0.25, 0.3) is 20.2 Å². The Morgan fingerprint density at radius 2 is 1.61 bits per heavy atom. The largest absolute Gasteiger partial charge is 0.505 e. The number of halogens is 1. The van der Waals surface area contributed by atoms with E-state index in [9.17, 15) is 31.3 Å². The molecule has 0 spiro atoms. The summed E-state index contributed by atoms with van der Waals surface area (Å²) < 4.78 is 64.7. The Kier molecular flexibility index (Phi) is 7.00. The number of nitrogens with one attached hydrogen (secondary N) is 1. The lowest BCUT2D eigenvalue weighted by Crippen LogP contribution is -2.11. The van der Waals surface area contributed by atoms with Gasteiger partial charge in [-0.2, -0.15) is 21.9 Å². The molecular formula is C19H16ClN3O8S2. The quantitative estimate of drug-likeness (QED) is 0.207. The molecule has 0 unspecified atom stereocenters. The van der Waals surface area contributed by atoms with E-state index in [0.717, 1.165) is 18.2 Å². The second-order valence-electron chi connectivity index (χ2n) is 6.64. The van der Waals surface area contributed by atoms with E-state index >= 15 is 0 Å². The molecule has 0 fully saturated rings. The van der Waals surface area contributed by atoms with Crippen molar-refractivity contribution in [3.8, 4) is 5.75 Å². The highest BCUT2D eigenvalue weighted by atomic mass is 35.5. The maximum atomic E-state index is 11.9. The van der Waals surface area contributed by atoms with Gasteiger partial charge in [-0.25, -0.2) is 0 Å². The normalized spacial score (nSPS) is 12.3. The van der Waals surface area contributed by atoms with Crippen LogP contribution in [-0.2, 0) is 25.0 Å². The number of alkyl halides is 1. The van der Waals surface area contributed by atoms with Gasteiger partial charge in [-0.3, -0.25) is 13.9 Å². The highest BCUT2D eigenvalue weighted by Gasteiger charge is 2.22. The van der Waals surface area contributed by atoms with Crippen molar-refractivity contribution in [1.82, 2.24) is 0 Å². The number of aromatic hydroxyl groups is 1. The van der Waals surface area contributed by atoms with Crippen molar-refractivity contribution in [1.29, 1.82) is 0 Å². The summed E-state index contributed by atoms with van der Waals surface area (Å²) in [5.74, 6) is -0.855. The molecule has 3 aromatic carbocycles. The number of benzene rings is 3. The van der Waals surface area contributed by atoms with E-state index in [1.807, 2.05) is 0 Å². The summed E-state index contributed by atoms with van der Waals surface area (Å²) in [5, 5.41) is 21.0. The van der Waals surface area contributed by atoms with Crippen LogP contribution in [-0.4, -0.2) is 42.8 Å². The van der Waals surface area contributed by atoms with Gasteiger partial charge >= 0.3 is 0 Å². The van der Waals surface area contributed by atoms with Crippen LogP contribution in [0.15, 0.2) is 68.6 Å². The lowest BCUT2D eigenvalue weighted by atomic mass is 10.1. The number of hydrogen-bond donors (Lipinski definition) is 4. The minimum Gasteiger partial charge on any atom is -0.505 e. The zero-order chi connectivity index (χ0) is 24.4. The van der Waals surface area contributed by atoms with E-state index < -0.39 is 36.6 Å². The fourth-order valence-electron chi connectivity index (χ4n) is 2.82. The molecule has 33 heavy (non-hydrogen) atoms. The molecule has 3 rings (SSSR count). The molecule has 14 heteroatoms. The Hall–Kier alpha value is -3.10. The molecule has 0 aliphatic heterocycles. The summed E-state index contributed by atoms with van der Waals surface area (Å²) in [6.07, 6.45) is 0.0612. The van der Waals surface area contributed by atoms with Crippen LogP contribution < -0.4 is 5.32 Å². The van der Waals surface area contributed by atoms with Gasteiger partial charge in [0.15, 0.2) is 5.75 Å². The molecule has 1 amide bonds. The predicted molar refractivity (Wildman–Crippen MR) is 120 cm³/mol. The minimum absolute atomic E-state index is 0.0612. The van der Waals surface area contributed by atoms with E-state index in [4.69, 9.17) is 16.2 Å². The molecule has 0 radical (unpaired) electrons. The first kappa shape index (κ1) is 24.5. The molecule has 174 valence electrons. The fourth-order valence-corrected chi connectivity index (χ4v) is 4.13. The van der Waals surface area contributed by atoms with E-state index in [0.29, 0.717) is 5.69 Å². The third-order valence-corrected chi connectivity index (χ3v) is 6.26. The minimum atomic E-state index is -4.85. The number of carbonyl (C=O) groups is 1. The van der Waals surface area contributed by atoms with E-state index in [1.54, 1.807) is 0 Å². The summed E-state index contributed by atoms with van der Waals surface area (Å²) in [5.41, 5.74) is -0.171. The first-order valence-corrected chi connectivity index (χ1v) is 12.4. The van der Waals surface area contributed by atoms with Gasteiger partial charge in [0, 0.05) is 23.4 Å². The van der Waals surface area contributed by atoms with Gasteiger partial charge in [0.2, 0.25) is 5.91 Å². The Morgan fingerprint density at radius 1 is 0.939 bits per heavy atom. The van der Waals surface area contributed by atoms with Crippen LogP contribution in [0.3, 0.4) is 0 Å². The van der Waals surface area contributed by atoms with Crippen LogP contribution in [0.5, 0.6) is 5.75 Å². The van der Waals surface area contributed by atoms with Crippen molar-refractivity contribution >= 4 is 65.6 Å². The molecule has 4 N–H and O–H groups in total. The van der Waals surface area contributed by atoms with Crippen LogP contribution >= 0.6 is 11.6 Å². The average Bonchev–Trinajstić information content (AvgIpc) is 2.72. The van der Waals surface area contributed by atoms with Crippen LogP contribution in [0.4, 0.5) is 17.1 Å².